The third-order valence-electron chi connectivity index (χ3n) is 2.15. The Morgan fingerprint density at radius 2 is 2.19 bits per heavy atom. The number of aliphatic hydroxyl groups excluding tert-OH is 1. The summed E-state index contributed by atoms with van der Waals surface area (Å²) in [4.78, 5) is 11.0. The van der Waals surface area contributed by atoms with Gasteiger partial charge in [-0.25, -0.2) is 0 Å². The molecule has 0 aliphatic carbocycles. The van der Waals surface area contributed by atoms with Crippen molar-refractivity contribution in [3.05, 3.63) is 28.8 Å². The summed E-state index contributed by atoms with van der Waals surface area (Å²) in [6.45, 7) is 0. The number of methoxy groups -OCH3 is 2. The molecule has 1 rings (SSSR count). The van der Waals surface area contributed by atoms with E-state index < -0.39 is 12.1 Å². The summed E-state index contributed by atoms with van der Waals surface area (Å²) < 4.78 is 9.47. The zero-order chi connectivity index (χ0) is 12.1. The highest BCUT2D eigenvalue weighted by atomic mass is 35.5. The van der Waals surface area contributed by atoms with Crippen LogP contribution in [0, 0.1) is 0 Å². The molecule has 0 heterocycles. The summed E-state index contributed by atoms with van der Waals surface area (Å²) in [5.74, 6) is -0.00972. The number of carbonyl (C=O) groups excluding carboxylic acids is 1. The van der Waals surface area contributed by atoms with Crippen molar-refractivity contribution in [1.82, 2.24) is 0 Å². The van der Waals surface area contributed by atoms with Gasteiger partial charge in [-0.2, -0.15) is 0 Å². The fourth-order valence-electron chi connectivity index (χ4n) is 1.24. The normalized spacial score (nSPS) is 12.0. The van der Waals surface area contributed by atoms with Crippen molar-refractivity contribution < 1.29 is 19.4 Å². The molecular formula is C11H13ClO4. The Hall–Kier alpha value is -1.26. The second-order valence-electron chi connectivity index (χ2n) is 3.19. The summed E-state index contributed by atoms with van der Waals surface area (Å²) in [7, 11) is 2.76. The Bertz CT molecular complexity index is 378. The summed E-state index contributed by atoms with van der Waals surface area (Å²) in [5.41, 5.74) is 0.562. The van der Waals surface area contributed by atoms with Crippen LogP contribution in [0.15, 0.2) is 18.2 Å². The monoisotopic (exact) mass is 244 g/mol. The number of esters is 1. The van der Waals surface area contributed by atoms with Crippen molar-refractivity contribution in [1.29, 1.82) is 0 Å². The van der Waals surface area contributed by atoms with E-state index in [2.05, 4.69) is 4.74 Å². The van der Waals surface area contributed by atoms with E-state index in [0.29, 0.717) is 16.3 Å². The number of halogens is 1. The van der Waals surface area contributed by atoms with Crippen molar-refractivity contribution in [2.24, 2.45) is 0 Å². The van der Waals surface area contributed by atoms with Crippen LogP contribution in [-0.4, -0.2) is 25.3 Å². The van der Waals surface area contributed by atoms with Gasteiger partial charge in [-0.05, 0) is 17.7 Å². The molecule has 5 heteroatoms. The highest BCUT2D eigenvalue weighted by Gasteiger charge is 2.14. The highest BCUT2D eigenvalue weighted by molar-refractivity contribution is 6.32. The van der Waals surface area contributed by atoms with Crippen LogP contribution in [0.3, 0.4) is 0 Å². The van der Waals surface area contributed by atoms with E-state index in [1.54, 1.807) is 18.2 Å². The minimum absolute atomic E-state index is 0.0959. The minimum Gasteiger partial charge on any atom is -0.495 e. The topological polar surface area (TPSA) is 55.8 Å². The number of rotatable bonds is 4. The van der Waals surface area contributed by atoms with Gasteiger partial charge in [-0.15, -0.1) is 0 Å². The Morgan fingerprint density at radius 3 is 2.75 bits per heavy atom. The summed E-state index contributed by atoms with van der Waals surface area (Å²) in [5, 5.41) is 10.2. The second-order valence-corrected chi connectivity index (χ2v) is 3.60. The number of carbonyl (C=O) groups is 1. The average Bonchev–Trinajstić information content (AvgIpc) is 2.29. The van der Waals surface area contributed by atoms with E-state index in [0.717, 1.165) is 0 Å². The number of hydrogen-bond acceptors (Lipinski definition) is 4. The van der Waals surface area contributed by atoms with Gasteiger partial charge < -0.3 is 14.6 Å². The van der Waals surface area contributed by atoms with E-state index in [4.69, 9.17) is 16.3 Å². The van der Waals surface area contributed by atoms with Crippen LogP contribution in [0.5, 0.6) is 5.75 Å². The standard InChI is InChI=1S/C11H13ClO4/c1-15-10-5-7(3-4-8(10)12)9(13)6-11(14)16-2/h3-5,9,13H,6H2,1-2H3/t9-/m0/s1. The van der Waals surface area contributed by atoms with Gasteiger partial charge in [-0.3, -0.25) is 4.79 Å². The van der Waals surface area contributed by atoms with Gasteiger partial charge in [0.15, 0.2) is 0 Å². The SMILES string of the molecule is COC(=O)C[C@H](O)c1ccc(Cl)c(OC)c1. The maximum Gasteiger partial charge on any atom is 0.308 e. The predicted octanol–water partition coefficient (Wildman–Crippen LogP) is 1.95. The molecule has 88 valence electrons. The minimum atomic E-state index is -0.918. The molecule has 1 aromatic carbocycles. The molecule has 0 saturated heterocycles. The van der Waals surface area contributed by atoms with E-state index in [1.807, 2.05) is 0 Å². The zero-order valence-electron chi connectivity index (χ0n) is 9.07. The van der Waals surface area contributed by atoms with Crippen LogP contribution in [0.25, 0.3) is 0 Å². The van der Waals surface area contributed by atoms with Gasteiger partial charge in [0.25, 0.3) is 0 Å². The highest BCUT2D eigenvalue weighted by Crippen LogP contribution is 2.28. The molecule has 0 unspecified atom stereocenters. The smallest absolute Gasteiger partial charge is 0.308 e. The molecule has 4 nitrogen and oxygen atoms in total. The summed E-state index contributed by atoms with van der Waals surface area (Å²) in [6.07, 6.45) is -1.01. The first-order valence-corrected chi connectivity index (χ1v) is 5.04. The maximum absolute atomic E-state index is 11.0. The molecule has 1 atom stereocenters. The quantitative estimate of drug-likeness (QED) is 0.823. The average molecular weight is 245 g/mol. The van der Waals surface area contributed by atoms with Gasteiger partial charge >= 0.3 is 5.97 Å². The number of aliphatic hydroxyl groups is 1. The van der Waals surface area contributed by atoms with Crippen molar-refractivity contribution in [3.8, 4) is 5.75 Å². The number of benzene rings is 1. The largest absolute Gasteiger partial charge is 0.495 e. The Morgan fingerprint density at radius 1 is 1.50 bits per heavy atom. The van der Waals surface area contributed by atoms with Gasteiger partial charge in [0, 0.05) is 0 Å². The molecule has 1 aromatic rings. The molecular weight excluding hydrogens is 232 g/mol. The summed E-state index contributed by atoms with van der Waals surface area (Å²) >= 11 is 5.84. The predicted molar refractivity (Wildman–Crippen MR) is 59.6 cm³/mol. The lowest BCUT2D eigenvalue weighted by Gasteiger charge is -2.11. The first-order valence-electron chi connectivity index (χ1n) is 4.66. The molecule has 0 fully saturated rings. The lowest BCUT2D eigenvalue weighted by atomic mass is 10.1. The fraction of sp³-hybridized carbons (Fsp3) is 0.364. The Labute approximate surface area is 98.7 Å². The van der Waals surface area contributed by atoms with E-state index in [-0.39, 0.29) is 6.42 Å². The van der Waals surface area contributed by atoms with Gasteiger partial charge in [0.1, 0.15) is 5.75 Å². The molecule has 0 radical (unpaired) electrons. The number of ether oxygens (including phenoxy) is 2. The van der Waals surface area contributed by atoms with Crippen LogP contribution in [0.4, 0.5) is 0 Å². The molecule has 0 aromatic heterocycles. The van der Waals surface area contributed by atoms with E-state index in [1.165, 1.54) is 14.2 Å². The first kappa shape index (κ1) is 12.8. The third-order valence-corrected chi connectivity index (χ3v) is 2.46. The Balaban J connectivity index is 2.83. The molecule has 1 N–H and O–H groups in total. The third kappa shape index (κ3) is 3.12. The van der Waals surface area contributed by atoms with Crippen molar-refractivity contribution in [3.63, 3.8) is 0 Å². The van der Waals surface area contributed by atoms with Gasteiger partial charge in [0.2, 0.25) is 0 Å². The molecule has 0 saturated carbocycles. The fourth-order valence-corrected chi connectivity index (χ4v) is 1.44. The molecule has 0 aliphatic rings. The zero-order valence-corrected chi connectivity index (χ0v) is 9.82. The van der Waals surface area contributed by atoms with Gasteiger partial charge in [0.05, 0.1) is 31.8 Å². The van der Waals surface area contributed by atoms with E-state index in [9.17, 15) is 9.90 Å². The van der Waals surface area contributed by atoms with E-state index >= 15 is 0 Å². The van der Waals surface area contributed by atoms with Gasteiger partial charge in [-0.1, -0.05) is 17.7 Å². The summed E-state index contributed by atoms with van der Waals surface area (Å²) in [6, 6.07) is 4.84. The van der Waals surface area contributed by atoms with Crippen LogP contribution >= 0.6 is 11.6 Å². The second kappa shape index (κ2) is 5.72. The van der Waals surface area contributed by atoms with Crippen LogP contribution in [-0.2, 0) is 9.53 Å². The molecule has 0 amide bonds. The number of hydrogen-bond donors (Lipinski definition) is 1. The lowest BCUT2D eigenvalue weighted by Crippen LogP contribution is -2.08. The molecule has 16 heavy (non-hydrogen) atoms. The van der Waals surface area contributed by atoms with Crippen molar-refractivity contribution >= 4 is 17.6 Å². The van der Waals surface area contributed by atoms with Crippen molar-refractivity contribution in [2.45, 2.75) is 12.5 Å². The first-order chi connectivity index (χ1) is 7.58. The molecule has 0 aliphatic heterocycles. The van der Waals surface area contributed by atoms with Crippen LogP contribution < -0.4 is 4.74 Å². The van der Waals surface area contributed by atoms with Crippen LogP contribution in [0.1, 0.15) is 18.1 Å². The lowest BCUT2D eigenvalue weighted by molar-refractivity contribution is -0.142. The molecule has 0 bridgehead atoms. The van der Waals surface area contributed by atoms with Crippen molar-refractivity contribution in [2.75, 3.05) is 14.2 Å². The Kier molecular flexibility index (Phi) is 4.58. The van der Waals surface area contributed by atoms with Crippen LogP contribution in [0.2, 0.25) is 5.02 Å². The maximum atomic E-state index is 11.0. The molecule has 0 spiro atoms.